The van der Waals surface area contributed by atoms with Crippen LogP contribution in [-0.2, 0) is 4.79 Å². The average molecular weight is 580 g/mol. The van der Waals surface area contributed by atoms with Gasteiger partial charge in [-0.1, -0.05) is 187 Å². The van der Waals surface area contributed by atoms with Crippen LogP contribution >= 0.6 is 0 Å². The largest absolute Gasteiger partial charge is 0.394 e. The summed E-state index contributed by atoms with van der Waals surface area (Å²) in [5.41, 5.74) is 0. The Balaban J connectivity index is 3.58. The normalized spacial score (nSPS) is 13.2. The molecule has 0 radical (unpaired) electrons. The Morgan fingerprint density at radius 1 is 0.561 bits per heavy atom. The third-order valence-corrected chi connectivity index (χ3v) is 8.52. The lowest BCUT2D eigenvalue weighted by Gasteiger charge is -2.20. The van der Waals surface area contributed by atoms with Gasteiger partial charge in [-0.05, 0) is 19.3 Å². The van der Waals surface area contributed by atoms with Gasteiger partial charge in [0.15, 0.2) is 0 Å². The molecule has 0 unspecified atom stereocenters. The SMILES string of the molecule is CCCCCCCCCCCCC/C=C/[C@H](O)[C@@H](CO)NC(=O)CCCCCCCCCCCCCCCCCC. The number of amides is 1. The van der Waals surface area contributed by atoms with E-state index in [4.69, 9.17) is 0 Å². The zero-order valence-electron chi connectivity index (χ0n) is 27.8. The van der Waals surface area contributed by atoms with Crippen molar-refractivity contribution in [2.45, 2.75) is 212 Å². The zero-order chi connectivity index (χ0) is 30.1. The molecular weight excluding hydrogens is 506 g/mol. The number of aliphatic hydroxyl groups is 2. The Kier molecular flexibility index (Phi) is 32.9. The van der Waals surface area contributed by atoms with Crippen LogP contribution in [0.2, 0.25) is 0 Å². The fourth-order valence-corrected chi connectivity index (χ4v) is 5.65. The first-order valence-electron chi connectivity index (χ1n) is 18.4. The van der Waals surface area contributed by atoms with Crippen molar-refractivity contribution in [2.24, 2.45) is 0 Å². The van der Waals surface area contributed by atoms with Crippen molar-refractivity contribution in [3.05, 3.63) is 12.2 Å². The number of allylic oxidation sites excluding steroid dienone is 1. The van der Waals surface area contributed by atoms with Crippen molar-refractivity contribution in [3.8, 4) is 0 Å². The predicted octanol–water partition coefficient (Wildman–Crippen LogP) is 10.7. The summed E-state index contributed by atoms with van der Waals surface area (Å²) < 4.78 is 0. The second-order valence-corrected chi connectivity index (χ2v) is 12.7. The number of rotatable bonds is 33. The minimum Gasteiger partial charge on any atom is -0.394 e. The molecule has 0 aromatic rings. The molecule has 0 bridgehead atoms. The second kappa shape index (κ2) is 33.6. The van der Waals surface area contributed by atoms with Crippen molar-refractivity contribution < 1.29 is 15.0 Å². The highest BCUT2D eigenvalue weighted by atomic mass is 16.3. The molecule has 4 nitrogen and oxygen atoms in total. The van der Waals surface area contributed by atoms with Gasteiger partial charge in [-0.2, -0.15) is 0 Å². The average Bonchev–Trinajstić information content (AvgIpc) is 2.97. The number of carbonyl (C=O) groups is 1. The van der Waals surface area contributed by atoms with Crippen LogP contribution in [0.3, 0.4) is 0 Å². The zero-order valence-corrected chi connectivity index (χ0v) is 27.8. The van der Waals surface area contributed by atoms with Crippen LogP contribution in [0.25, 0.3) is 0 Å². The number of nitrogens with one attached hydrogen (secondary N) is 1. The fraction of sp³-hybridized carbons (Fsp3) is 0.919. The quantitative estimate of drug-likeness (QED) is 0.0535. The maximum absolute atomic E-state index is 12.3. The molecule has 4 heteroatoms. The van der Waals surface area contributed by atoms with Gasteiger partial charge in [0, 0.05) is 6.42 Å². The number of hydrogen-bond donors (Lipinski definition) is 3. The van der Waals surface area contributed by atoms with Crippen molar-refractivity contribution in [3.63, 3.8) is 0 Å². The Morgan fingerprint density at radius 2 is 0.902 bits per heavy atom. The van der Waals surface area contributed by atoms with Gasteiger partial charge in [-0.15, -0.1) is 0 Å². The van der Waals surface area contributed by atoms with E-state index in [1.165, 1.54) is 154 Å². The molecule has 244 valence electrons. The molecule has 1 amide bonds. The van der Waals surface area contributed by atoms with Gasteiger partial charge < -0.3 is 15.5 Å². The van der Waals surface area contributed by atoms with E-state index in [-0.39, 0.29) is 12.5 Å². The molecule has 0 aliphatic carbocycles. The predicted molar refractivity (Wildman–Crippen MR) is 179 cm³/mol. The fourth-order valence-electron chi connectivity index (χ4n) is 5.65. The molecule has 0 aromatic carbocycles. The minimum absolute atomic E-state index is 0.0628. The monoisotopic (exact) mass is 580 g/mol. The molecule has 41 heavy (non-hydrogen) atoms. The van der Waals surface area contributed by atoms with E-state index in [1.807, 2.05) is 6.08 Å². The highest BCUT2D eigenvalue weighted by Gasteiger charge is 2.17. The lowest BCUT2D eigenvalue weighted by molar-refractivity contribution is -0.123. The summed E-state index contributed by atoms with van der Waals surface area (Å²) in [7, 11) is 0. The Morgan fingerprint density at radius 3 is 1.27 bits per heavy atom. The Labute approximate surface area is 256 Å². The van der Waals surface area contributed by atoms with Crippen molar-refractivity contribution in [2.75, 3.05) is 6.61 Å². The van der Waals surface area contributed by atoms with Crippen LogP contribution in [0.1, 0.15) is 200 Å². The van der Waals surface area contributed by atoms with Crippen LogP contribution in [0.4, 0.5) is 0 Å². The van der Waals surface area contributed by atoms with Gasteiger partial charge in [-0.3, -0.25) is 4.79 Å². The van der Waals surface area contributed by atoms with Gasteiger partial charge >= 0.3 is 0 Å². The van der Waals surface area contributed by atoms with E-state index >= 15 is 0 Å². The lowest BCUT2D eigenvalue weighted by atomic mass is 10.0. The number of hydrogen-bond acceptors (Lipinski definition) is 3. The van der Waals surface area contributed by atoms with Gasteiger partial charge in [0.1, 0.15) is 0 Å². The first-order valence-corrected chi connectivity index (χ1v) is 18.4. The van der Waals surface area contributed by atoms with E-state index in [1.54, 1.807) is 6.08 Å². The molecule has 0 aromatic heterocycles. The third kappa shape index (κ3) is 30.4. The van der Waals surface area contributed by atoms with E-state index in [9.17, 15) is 15.0 Å². The van der Waals surface area contributed by atoms with Crippen LogP contribution in [0, 0.1) is 0 Å². The minimum atomic E-state index is -0.831. The standard InChI is InChI=1S/C37H73NO3/c1-3-5-7-9-11-13-15-17-18-19-21-23-25-27-29-31-33-37(41)38-35(34-39)36(40)32-30-28-26-24-22-20-16-14-12-10-8-6-4-2/h30,32,35-36,39-40H,3-29,31,33-34H2,1-2H3,(H,38,41)/b32-30+/t35-,36+/m1/s1. The third-order valence-electron chi connectivity index (χ3n) is 8.52. The first-order chi connectivity index (χ1) is 20.2. The maximum Gasteiger partial charge on any atom is 0.220 e. The lowest BCUT2D eigenvalue weighted by Crippen LogP contribution is -2.45. The molecule has 0 fully saturated rings. The molecule has 3 N–H and O–H groups in total. The molecule has 0 saturated heterocycles. The van der Waals surface area contributed by atoms with Crippen LogP contribution in [0.15, 0.2) is 12.2 Å². The van der Waals surface area contributed by atoms with Crippen molar-refractivity contribution >= 4 is 5.91 Å². The molecule has 0 aliphatic heterocycles. The van der Waals surface area contributed by atoms with Gasteiger partial charge in [0.05, 0.1) is 18.8 Å². The molecule has 0 heterocycles. The number of unbranched alkanes of at least 4 members (excludes halogenated alkanes) is 26. The summed E-state index contributed by atoms with van der Waals surface area (Å²) in [5.74, 6) is -0.0628. The van der Waals surface area contributed by atoms with Crippen LogP contribution in [0.5, 0.6) is 0 Å². The summed E-state index contributed by atoms with van der Waals surface area (Å²) in [6.07, 6.45) is 40.0. The van der Waals surface area contributed by atoms with E-state index in [0.29, 0.717) is 6.42 Å². The van der Waals surface area contributed by atoms with Crippen molar-refractivity contribution in [1.82, 2.24) is 5.32 Å². The van der Waals surface area contributed by atoms with Gasteiger partial charge in [-0.25, -0.2) is 0 Å². The topological polar surface area (TPSA) is 69.6 Å². The molecule has 0 spiro atoms. The highest BCUT2D eigenvalue weighted by molar-refractivity contribution is 5.76. The highest BCUT2D eigenvalue weighted by Crippen LogP contribution is 2.15. The second-order valence-electron chi connectivity index (χ2n) is 12.7. The number of carbonyl (C=O) groups excluding carboxylic acids is 1. The molecule has 0 aliphatic rings. The Hall–Kier alpha value is -0.870. The summed E-state index contributed by atoms with van der Waals surface area (Å²) in [4.78, 5) is 12.3. The summed E-state index contributed by atoms with van der Waals surface area (Å²) in [5, 5.41) is 22.9. The molecule has 2 atom stereocenters. The molecule has 0 saturated carbocycles. The number of aliphatic hydroxyl groups excluding tert-OH is 2. The van der Waals surface area contributed by atoms with Crippen molar-refractivity contribution in [1.29, 1.82) is 0 Å². The van der Waals surface area contributed by atoms with Crippen LogP contribution < -0.4 is 5.32 Å². The van der Waals surface area contributed by atoms with Crippen LogP contribution in [-0.4, -0.2) is 34.9 Å². The summed E-state index contributed by atoms with van der Waals surface area (Å²) in [6.45, 7) is 4.30. The van der Waals surface area contributed by atoms with E-state index in [2.05, 4.69) is 19.2 Å². The smallest absolute Gasteiger partial charge is 0.220 e. The van der Waals surface area contributed by atoms with Gasteiger partial charge in [0.2, 0.25) is 5.91 Å². The van der Waals surface area contributed by atoms with E-state index in [0.717, 1.165) is 25.7 Å². The molecule has 0 rings (SSSR count). The maximum atomic E-state index is 12.3. The molecular formula is C37H73NO3. The first kappa shape index (κ1) is 40.1. The Bertz CT molecular complexity index is 550. The summed E-state index contributed by atoms with van der Waals surface area (Å²) >= 11 is 0. The van der Waals surface area contributed by atoms with Gasteiger partial charge in [0.25, 0.3) is 0 Å². The van der Waals surface area contributed by atoms with E-state index < -0.39 is 12.1 Å². The summed E-state index contributed by atoms with van der Waals surface area (Å²) in [6, 6.07) is -0.614.